The molecule has 1 amide bonds. The summed E-state index contributed by atoms with van der Waals surface area (Å²) in [5.74, 6) is -2.10. The van der Waals surface area contributed by atoms with Gasteiger partial charge in [-0.3, -0.25) is 19.2 Å². The average molecular weight is 387 g/mol. The van der Waals surface area contributed by atoms with Gasteiger partial charge in [-0.15, -0.1) is 0 Å². The molecule has 1 rings (SSSR count). The number of carbonyl (C=O) groups is 4. The Hall–Kier alpha value is -2.16. The van der Waals surface area contributed by atoms with Crippen molar-refractivity contribution in [2.45, 2.75) is 78.9 Å². The molecule has 1 fully saturated rings. The molecule has 1 saturated heterocycles. The normalized spacial score (nSPS) is 28.0. The molecule has 1 heterocycles. The molecule has 0 aromatic rings. The fourth-order valence-corrected chi connectivity index (χ4v) is 3.07. The predicted molar refractivity (Wildman–Crippen MR) is 93.5 cm³/mol. The quantitative estimate of drug-likeness (QED) is 0.542. The van der Waals surface area contributed by atoms with Crippen LogP contribution < -0.4 is 5.32 Å². The molecule has 5 atom stereocenters. The minimum absolute atomic E-state index is 0.190. The number of hydrogen-bond donors (Lipinski definition) is 1. The molecular formula is C18H29NO8. The highest BCUT2D eigenvalue weighted by Crippen LogP contribution is 2.35. The van der Waals surface area contributed by atoms with E-state index in [-0.39, 0.29) is 12.5 Å². The molecule has 1 aliphatic rings. The third-order valence-corrected chi connectivity index (χ3v) is 3.97. The van der Waals surface area contributed by atoms with Crippen LogP contribution in [0.15, 0.2) is 0 Å². The minimum Gasteiger partial charge on any atom is -0.463 e. The molecule has 154 valence electrons. The number of carbonyl (C=O) groups excluding carboxylic acids is 4. The Morgan fingerprint density at radius 2 is 1.41 bits per heavy atom. The van der Waals surface area contributed by atoms with Crippen molar-refractivity contribution in [1.82, 2.24) is 5.32 Å². The summed E-state index contributed by atoms with van der Waals surface area (Å²) in [6, 6.07) is -0.760. The number of nitrogens with one attached hydrogen (secondary N) is 1. The van der Waals surface area contributed by atoms with E-state index in [1.165, 1.54) is 27.7 Å². The van der Waals surface area contributed by atoms with Gasteiger partial charge in [0.2, 0.25) is 5.91 Å². The lowest BCUT2D eigenvalue weighted by Gasteiger charge is -2.49. The first kappa shape index (κ1) is 22.9. The standard InChI is InChI=1S/C18H29NO8/c1-9(20)19-14-16(26-12(4)23)15(25-11(3)22)13(8-24-10(2)21)27-17(14)18(5,6)7/h13-17H,8H2,1-7H3,(H,19,20)/t13?,14?,15?,16?,17-/m1/s1. The molecule has 0 radical (unpaired) electrons. The maximum Gasteiger partial charge on any atom is 0.303 e. The van der Waals surface area contributed by atoms with E-state index in [9.17, 15) is 19.2 Å². The highest BCUT2D eigenvalue weighted by Gasteiger charge is 2.53. The van der Waals surface area contributed by atoms with Gasteiger partial charge in [0.05, 0.1) is 12.1 Å². The van der Waals surface area contributed by atoms with Gasteiger partial charge in [0.1, 0.15) is 12.7 Å². The molecule has 4 unspecified atom stereocenters. The topological polar surface area (TPSA) is 117 Å². The number of amides is 1. The van der Waals surface area contributed by atoms with Gasteiger partial charge in [-0.05, 0) is 5.41 Å². The summed E-state index contributed by atoms with van der Waals surface area (Å²) in [6.45, 7) is 10.5. The first-order valence-corrected chi connectivity index (χ1v) is 8.73. The second-order valence-electron chi connectivity index (χ2n) is 7.64. The van der Waals surface area contributed by atoms with Gasteiger partial charge in [0.15, 0.2) is 12.2 Å². The van der Waals surface area contributed by atoms with E-state index in [0.717, 1.165) is 0 Å². The van der Waals surface area contributed by atoms with Gasteiger partial charge >= 0.3 is 17.9 Å². The van der Waals surface area contributed by atoms with E-state index < -0.39 is 53.8 Å². The number of hydrogen-bond acceptors (Lipinski definition) is 8. The van der Waals surface area contributed by atoms with Crippen molar-refractivity contribution in [1.29, 1.82) is 0 Å². The highest BCUT2D eigenvalue weighted by molar-refractivity contribution is 5.73. The summed E-state index contributed by atoms with van der Waals surface area (Å²) in [7, 11) is 0. The van der Waals surface area contributed by atoms with Gasteiger partial charge in [0.25, 0.3) is 0 Å². The van der Waals surface area contributed by atoms with Crippen LogP contribution in [-0.4, -0.2) is 60.9 Å². The molecule has 1 aliphatic heterocycles. The van der Waals surface area contributed by atoms with Crippen LogP contribution in [0, 0.1) is 5.41 Å². The van der Waals surface area contributed by atoms with Crippen LogP contribution in [0.2, 0.25) is 0 Å². The molecule has 1 N–H and O–H groups in total. The molecule has 9 heteroatoms. The Balaban J connectivity index is 3.36. The van der Waals surface area contributed by atoms with Crippen molar-refractivity contribution in [3.8, 4) is 0 Å². The maximum absolute atomic E-state index is 11.8. The Kier molecular flexibility index (Phi) is 7.77. The van der Waals surface area contributed by atoms with E-state index in [1.807, 2.05) is 20.8 Å². The first-order chi connectivity index (χ1) is 12.3. The molecule has 0 aliphatic carbocycles. The third-order valence-electron chi connectivity index (χ3n) is 3.97. The van der Waals surface area contributed by atoms with Crippen LogP contribution >= 0.6 is 0 Å². The third kappa shape index (κ3) is 6.82. The van der Waals surface area contributed by atoms with Crippen LogP contribution in [-0.2, 0) is 38.1 Å². The Morgan fingerprint density at radius 3 is 1.81 bits per heavy atom. The minimum atomic E-state index is -1.05. The van der Waals surface area contributed by atoms with Crippen LogP contribution in [0.1, 0.15) is 48.5 Å². The zero-order valence-electron chi connectivity index (χ0n) is 16.9. The van der Waals surface area contributed by atoms with E-state index >= 15 is 0 Å². The van der Waals surface area contributed by atoms with Crippen LogP contribution in [0.25, 0.3) is 0 Å². The van der Waals surface area contributed by atoms with Gasteiger partial charge in [-0.25, -0.2) is 0 Å². The van der Waals surface area contributed by atoms with Gasteiger partial charge in [-0.2, -0.15) is 0 Å². The molecule has 0 aromatic heterocycles. The lowest BCUT2D eigenvalue weighted by molar-refractivity contribution is -0.237. The van der Waals surface area contributed by atoms with E-state index in [4.69, 9.17) is 18.9 Å². The molecule has 9 nitrogen and oxygen atoms in total. The highest BCUT2D eigenvalue weighted by atomic mass is 16.6. The van der Waals surface area contributed by atoms with Crippen LogP contribution in [0.3, 0.4) is 0 Å². The van der Waals surface area contributed by atoms with Crippen LogP contribution in [0.5, 0.6) is 0 Å². The monoisotopic (exact) mass is 387 g/mol. The Labute approximate surface area is 159 Å². The first-order valence-electron chi connectivity index (χ1n) is 8.73. The maximum atomic E-state index is 11.8. The van der Waals surface area contributed by atoms with Crippen molar-refractivity contribution in [3.63, 3.8) is 0 Å². The van der Waals surface area contributed by atoms with Crippen molar-refractivity contribution in [2.24, 2.45) is 5.41 Å². The summed E-state index contributed by atoms with van der Waals surface area (Å²) in [5, 5.41) is 2.74. The van der Waals surface area contributed by atoms with Gasteiger partial charge in [0, 0.05) is 27.7 Å². The Bertz CT molecular complexity index is 582. The van der Waals surface area contributed by atoms with Crippen LogP contribution in [0.4, 0.5) is 0 Å². The summed E-state index contributed by atoms with van der Waals surface area (Å²) >= 11 is 0. The zero-order valence-corrected chi connectivity index (χ0v) is 16.9. The molecular weight excluding hydrogens is 358 g/mol. The largest absolute Gasteiger partial charge is 0.463 e. The van der Waals surface area contributed by atoms with E-state index in [0.29, 0.717) is 0 Å². The fraction of sp³-hybridized carbons (Fsp3) is 0.778. The Morgan fingerprint density at radius 1 is 0.889 bits per heavy atom. The summed E-state index contributed by atoms with van der Waals surface area (Å²) < 4.78 is 21.9. The lowest BCUT2D eigenvalue weighted by Crippen LogP contribution is -2.68. The van der Waals surface area contributed by atoms with Crippen molar-refractivity contribution >= 4 is 23.8 Å². The summed E-state index contributed by atoms with van der Waals surface area (Å²) in [5.41, 5.74) is -0.471. The molecule has 0 saturated carbocycles. The number of ether oxygens (including phenoxy) is 4. The summed E-state index contributed by atoms with van der Waals surface area (Å²) in [4.78, 5) is 46.3. The van der Waals surface area contributed by atoms with E-state index in [1.54, 1.807) is 0 Å². The molecule has 0 bridgehead atoms. The van der Waals surface area contributed by atoms with Crippen molar-refractivity contribution in [3.05, 3.63) is 0 Å². The predicted octanol–water partition coefficient (Wildman–Crippen LogP) is 0.731. The van der Waals surface area contributed by atoms with Gasteiger partial charge < -0.3 is 24.3 Å². The fourth-order valence-electron chi connectivity index (χ4n) is 3.07. The molecule has 0 spiro atoms. The van der Waals surface area contributed by atoms with Crippen molar-refractivity contribution in [2.75, 3.05) is 6.61 Å². The summed E-state index contributed by atoms with van der Waals surface area (Å²) in [6.07, 6.45) is -3.52. The second-order valence-corrected chi connectivity index (χ2v) is 7.64. The zero-order chi connectivity index (χ0) is 20.9. The molecule has 0 aromatic carbocycles. The second kappa shape index (κ2) is 9.16. The number of esters is 3. The van der Waals surface area contributed by atoms with Crippen molar-refractivity contribution < 1.29 is 38.1 Å². The SMILES string of the molecule is CC(=O)NC1C(OC(C)=O)C(OC(C)=O)C(COC(C)=O)O[C@H]1C(C)(C)C. The van der Waals surface area contributed by atoms with E-state index in [2.05, 4.69) is 5.32 Å². The smallest absolute Gasteiger partial charge is 0.303 e. The molecule has 27 heavy (non-hydrogen) atoms. The average Bonchev–Trinajstić information content (AvgIpc) is 2.46. The number of rotatable bonds is 5. The van der Waals surface area contributed by atoms with Gasteiger partial charge in [-0.1, -0.05) is 20.8 Å². The lowest BCUT2D eigenvalue weighted by atomic mass is 9.78.